The number of hydrogen-bond donors (Lipinski definition) is 1. The van der Waals surface area contributed by atoms with E-state index in [1.807, 2.05) is 52.0 Å². The van der Waals surface area contributed by atoms with Gasteiger partial charge in [0, 0.05) is 5.56 Å². The Hall–Kier alpha value is -1.72. The van der Waals surface area contributed by atoms with E-state index in [-0.39, 0.29) is 6.10 Å². The standard InChI is InChI=1S/C15H21N3O2/c1-10(2)19-9-15(4,16)14-17-13(20-18-14)12-7-5-6-11(3)8-12/h5-8,10H,9,16H2,1-4H3. The molecule has 2 rings (SSSR count). The molecule has 5 nitrogen and oxygen atoms in total. The number of benzene rings is 1. The summed E-state index contributed by atoms with van der Waals surface area (Å²) in [5.74, 6) is 0.930. The van der Waals surface area contributed by atoms with Gasteiger partial charge in [0.05, 0.1) is 12.7 Å². The Morgan fingerprint density at radius 1 is 1.40 bits per heavy atom. The predicted molar refractivity (Wildman–Crippen MR) is 77.1 cm³/mol. The molecule has 1 heterocycles. The molecule has 0 aliphatic carbocycles. The van der Waals surface area contributed by atoms with Crippen LogP contribution < -0.4 is 5.73 Å². The molecule has 2 aromatic rings. The van der Waals surface area contributed by atoms with Crippen molar-refractivity contribution in [2.45, 2.75) is 39.3 Å². The third-order valence-electron chi connectivity index (χ3n) is 2.92. The quantitative estimate of drug-likeness (QED) is 0.908. The Morgan fingerprint density at radius 3 is 2.80 bits per heavy atom. The fourth-order valence-corrected chi connectivity index (χ4v) is 1.76. The minimum atomic E-state index is -0.768. The Kier molecular flexibility index (Phi) is 4.20. The lowest BCUT2D eigenvalue weighted by Gasteiger charge is -2.21. The number of aryl methyl sites for hydroxylation is 1. The van der Waals surface area contributed by atoms with Gasteiger partial charge in [-0.25, -0.2) is 0 Å². The first kappa shape index (κ1) is 14.7. The van der Waals surface area contributed by atoms with Crippen molar-refractivity contribution >= 4 is 0 Å². The van der Waals surface area contributed by atoms with Crippen molar-refractivity contribution in [3.63, 3.8) is 0 Å². The van der Waals surface area contributed by atoms with E-state index in [0.29, 0.717) is 18.3 Å². The summed E-state index contributed by atoms with van der Waals surface area (Å²) in [5, 5.41) is 3.98. The summed E-state index contributed by atoms with van der Waals surface area (Å²) in [4.78, 5) is 4.39. The van der Waals surface area contributed by atoms with Gasteiger partial charge in [0.15, 0.2) is 5.82 Å². The van der Waals surface area contributed by atoms with E-state index in [9.17, 15) is 0 Å². The van der Waals surface area contributed by atoms with Gasteiger partial charge in [-0.1, -0.05) is 22.9 Å². The predicted octanol–water partition coefficient (Wildman–Crippen LogP) is 2.64. The molecule has 0 bridgehead atoms. The molecule has 0 spiro atoms. The van der Waals surface area contributed by atoms with Gasteiger partial charge in [0.2, 0.25) is 0 Å². The van der Waals surface area contributed by atoms with Crippen molar-refractivity contribution < 1.29 is 9.26 Å². The van der Waals surface area contributed by atoms with E-state index in [4.69, 9.17) is 15.0 Å². The SMILES string of the molecule is Cc1cccc(-c2nc(C(C)(N)COC(C)C)no2)c1. The first-order chi connectivity index (χ1) is 9.38. The van der Waals surface area contributed by atoms with Crippen molar-refractivity contribution in [1.82, 2.24) is 10.1 Å². The van der Waals surface area contributed by atoms with Crippen LogP contribution in [0.4, 0.5) is 0 Å². The van der Waals surface area contributed by atoms with Crippen LogP contribution in [0.15, 0.2) is 28.8 Å². The largest absolute Gasteiger partial charge is 0.376 e. The first-order valence-electron chi connectivity index (χ1n) is 6.70. The highest BCUT2D eigenvalue weighted by Crippen LogP contribution is 2.22. The maximum absolute atomic E-state index is 6.20. The zero-order chi connectivity index (χ0) is 14.8. The molecule has 5 heteroatoms. The van der Waals surface area contributed by atoms with Gasteiger partial charge in [0.1, 0.15) is 5.54 Å². The molecular formula is C15H21N3O2. The van der Waals surface area contributed by atoms with Gasteiger partial charge in [-0.2, -0.15) is 4.98 Å². The highest BCUT2D eigenvalue weighted by molar-refractivity contribution is 5.53. The number of aromatic nitrogens is 2. The van der Waals surface area contributed by atoms with Gasteiger partial charge in [-0.05, 0) is 39.8 Å². The molecule has 0 saturated carbocycles. The molecule has 1 aromatic carbocycles. The number of nitrogens with zero attached hydrogens (tertiary/aromatic N) is 2. The van der Waals surface area contributed by atoms with Crippen molar-refractivity contribution in [1.29, 1.82) is 0 Å². The van der Waals surface area contributed by atoms with Crippen LogP contribution in [-0.2, 0) is 10.3 Å². The maximum atomic E-state index is 6.20. The molecule has 2 N–H and O–H groups in total. The van der Waals surface area contributed by atoms with E-state index in [1.165, 1.54) is 0 Å². The number of ether oxygens (including phenoxy) is 1. The fourth-order valence-electron chi connectivity index (χ4n) is 1.76. The monoisotopic (exact) mass is 275 g/mol. The van der Waals surface area contributed by atoms with E-state index in [0.717, 1.165) is 11.1 Å². The number of hydrogen-bond acceptors (Lipinski definition) is 5. The van der Waals surface area contributed by atoms with Crippen LogP contribution in [-0.4, -0.2) is 22.9 Å². The van der Waals surface area contributed by atoms with Crippen LogP contribution in [0.5, 0.6) is 0 Å². The highest BCUT2D eigenvalue weighted by Gasteiger charge is 2.28. The molecule has 0 radical (unpaired) electrons. The summed E-state index contributed by atoms with van der Waals surface area (Å²) in [7, 11) is 0. The zero-order valence-corrected chi connectivity index (χ0v) is 12.4. The molecule has 0 amide bonds. The Labute approximate surface area is 119 Å². The molecule has 0 fully saturated rings. The third-order valence-corrected chi connectivity index (χ3v) is 2.92. The van der Waals surface area contributed by atoms with Crippen LogP contribution in [0.1, 0.15) is 32.2 Å². The summed E-state index contributed by atoms with van der Waals surface area (Å²) in [5.41, 5.74) is 7.46. The molecule has 1 atom stereocenters. The summed E-state index contributed by atoms with van der Waals surface area (Å²) >= 11 is 0. The molecule has 1 unspecified atom stereocenters. The molecular weight excluding hydrogens is 254 g/mol. The second kappa shape index (κ2) is 5.73. The van der Waals surface area contributed by atoms with Gasteiger partial charge < -0.3 is 15.0 Å². The lowest BCUT2D eigenvalue weighted by Crippen LogP contribution is -2.40. The van der Waals surface area contributed by atoms with Gasteiger partial charge in [-0.15, -0.1) is 0 Å². The fraction of sp³-hybridized carbons (Fsp3) is 0.467. The van der Waals surface area contributed by atoms with Crippen molar-refractivity contribution in [2.75, 3.05) is 6.61 Å². The second-order valence-corrected chi connectivity index (χ2v) is 5.57. The zero-order valence-electron chi connectivity index (χ0n) is 12.4. The average Bonchev–Trinajstić information content (AvgIpc) is 2.87. The summed E-state index contributed by atoms with van der Waals surface area (Å²) in [6, 6.07) is 7.90. The van der Waals surface area contributed by atoms with E-state index in [2.05, 4.69) is 10.1 Å². The van der Waals surface area contributed by atoms with Gasteiger partial charge in [0.25, 0.3) is 5.89 Å². The average molecular weight is 275 g/mol. The van der Waals surface area contributed by atoms with E-state index >= 15 is 0 Å². The molecule has 1 aromatic heterocycles. The van der Waals surface area contributed by atoms with E-state index < -0.39 is 5.54 Å². The van der Waals surface area contributed by atoms with E-state index in [1.54, 1.807) is 0 Å². The molecule has 0 aliphatic rings. The summed E-state index contributed by atoms with van der Waals surface area (Å²) in [6.45, 7) is 8.12. The Morgan fingerprint density at radius 2 is 2.15 bits per heavy atom. The Bertz CT molecular complexity index is 576. The van der Waals surface area contributed by atoms with Crippen LogP contribution >= 0.6 is 0 Å². The minimum absolute atomic E-state index is 0.112. The smallest absolute Gasteiger partial charge is 0.258 e. The molecule has 108 valence electrons. The molecule has 20 heavy (non-hydrogen) atoms. The lowest BCUT2D eigenvalue weighted by molar-refractivity contribution is 0.0410. The van der Waals surface area contributed by atoms with Crippen LogP contribution in [0, 0.1) is 6.92 Å². The highest BCUT2D eigenvalue weighted by atomic mass is 16.5. The van der Waals surface area contributed by atoms with Crippen molar-refractivity contribution in [2.24, 2.45) is 5.73 Å². The topological polar surface area (TPSA) is 74.2 Å². The molecule has 0 saturated heterocycles. The third kappa shape index (κ3) is 3.43. The lowest BCUT2D eigenvalue weighted by atomic mass is 10.1. The maximum Gasteiger partial charge on any atom is 0.258 e. The van der Waals surface area contributed by atoms with Crippen molar-refractivity contribution in [3.8, 4) is 11.5 Å². The van der Waals surface area contributed by atoms with Crippen molar-refractivity contribution in [3.05, 3.63) is 35.7 Å². The minimum Gasteiger partial charge on any atom is -0.376 e. The summed E-state index contributed by atoms with van der Waals surface area (Å²) < 4.78 is 10.9. The first-order valence-corrected chi connectivity index (χ1v) is 6.70. The molecule has 0 aliphatic heterocycles. The van der Waals surface area contributed by atoms with Crippen LogP contribution in [0.3, 0.4) is 0 Å². The second-order valence-electron chi connectivity index (χ2n) is 5.57. The number of nitrogens with two attached hydrogens (primary N) is 1. The normalized spacial score (nSPS) is 14.5. The van der Waals surface area contributed by atoms with Crippen LogP contribution in [0.2, 0.25) is 0 Å². The van der Waals surface area contributed by atoms with Gasteiger partial charge >= 0.3 is 0 Å². The number of rotatable bonds is 5. The Balaban J connectivity index is 2.20. The van der Waals surface area contributed by atoms with Gasteiger partial charge in [-0.3, -0.25) is 0 Å². The summed E-state index contributed by atoms with van der Waals surface area (Å²) in [6.07, 6.45) is 0.112. The van der Waals surface area contributed by atoms with Crippen LogP contribution in [0.25, 0.3) is 11.5 Å².